The molecule has 2 aromatic heterocycles. The highest BCUT2D eigenvalue weighted by molar-refractivity contribution is 7.20. The fraction of sp³-hybridized carbons (Fsp3) is 0.389. The molecule has 1 aliphatic rings. The molecule has 3 heterocycles. The molecule has 3 aromatic rings. The van der Waals surface area contributed by atoms with Crippen molar-refractivity contribution in [2.45, 2.75) is 32.3 Å². The van der Waals surface area contributed by atoms with E-state index in [2.05, 4.69) is 15.0 Å². The molecule has 0 atom stereocenters. The topological polar surface area (TPSA) is 59.7 Å². The van der Waals surface area contributed by atoms with Crippen LogP contribution in [0.3, 0.4) is 0 Å². The predicted molar refractivity (Wildman–Crippen MR) is 104 cm³/mol. The molecule has 0 unspecified atom stereocenters. The van der Waals surface area contributed by atoms with Crippen LogP contribution < -0.4 is 15.2 Å². The molecule has 8 heteroatoms. The lowest BCUT2D eigenvalue weighted by Crippen LogP contribution is -2.38. The number of hydrogen-bond acceptors (Lipinski definition) is 6. The van der Waals surface area contributed by atoms with Crippen LogP contribution in [0.2, 0.25) is 5.02 Å². The molecule has 6 nitrogen and oxygen atoms in total. The van der Waals surface area contributed by atoms with Gasteiger partial charge < -0.3 is 9.64 Å². The first-order valence-electron chi connectivity index (χ1n) is 8.70. The minimum Gasteiger partial charge on any atom is -0.489 e. The molecular formula is C18H19ClN4O2S. The minimum atomic E-state index is -0.119. The van der Waals surface area contributed by atoms with Crippen molar-refractivity contribution in [3.05, 3.63) is 51.4 Å². The van der Waals surface area contributed by atoms with Crippen LogP contribution in [-0.2, 0) is 6.42 Å². The van der Waals surface area contributed by atoms with E-state index in [1.165, 1.54) is 15.9 Å². The smallest absolute Gasteiger partial charge is 0.275 e. The molecule has 26 heavy (non-hydrogen) atoms. The van der Waals surface area contributed by atoms with Crippen LogP contribution in [0, 0.1) is 0 Å². The normalized spacial score (nSPS) is 15.5. The molecule has 0 spiro atoms. The van der Waals surface area contributed by atoms with E-state index < -0.39 is 0 Å². The van der Waals surface area contributed by atoms with Crippen LogP contribution in [0.25, 0.3) is 4.96 Å². The molecular weight excluding hydrogens is 372 g/mol. The van der Waals surface area contributed by atoms with E-state index in [4.69, 9.17) is 16.3 Å². The predicted octanol–water partition coefficient (Wildman–Crippen LogP) is 3.41. The van der Waals surface area contributed by atoms with E-state index in [0.717, 1.165) is 48.9 Å². The van der Waals surface area contributed by atoms with Crippen LogP contribution in [0.1, 0.15) is 25.5 Å². The molecule has 0 radical (unpaired) electrons. The van der Waals surface area contributed by atoms with Gasteiger partial charge >= 0.3 is 0 Å². The highest BCUT2D eigenvalue weighted by atomic mass is 35.5. The molecule has 136 valence electrons. The number of para-hydroxylation sites is 1. The van der Waals surface area contributed by atoms with Gasteiger partial charge in [-0.1, -0.05) is 42.0 Å². The molecule has 1 aliphatic heterocycles. The van der Waals surface area contributed by atoms with Gasteiger partial charge in [0, 0.05) is 37.7 Å². The highest BCUT2D eigenvalue weighted by Gasteiger charge is 2.24. The van der Waals surface area contributed by atoms with E-state index >= 15 is 0 Å². The maximum atomic E-state index is 12.2. The van der Waals surface area contributed by atoms with Crippen LogP contribution >= 0.6 is 22.9 Å². The Morgan fingerprint density at radius 2 is 2.08 bits per heavy atom. The summed E-state index contributed by atoms with van der Waals surface area (Å²) in [6, 6.07) is 9.10. The summed E-state index contributed by atoms with van der Waals surface area (Å²) in [6.07, 6.45) is 2.63. The minimum absolute atomic E-state index is 0.119. The number of aryl methyl sites for hydroxylation is 1. The lowest BCUT2D eigenvalue weighted by Gasteiger charge is -2.31. The molecule has 0 aliphatic carbocycles. The van der Waals surface area contributed by atoms with Crippen molar-refractivity contribution in [1.82, 2.24) is 14.6 Å². The second kappa shape index (κ2) is 7.25. The summed E-state index contributed by atoms with van der Waals surface area (Å²) in [4.78, 5) is 19.5. The van der Waals surface area contributed by atoms with Gasteiger partial charge in [-0.25, -0.2) is 4.98 Å². The van der Waals surface area contributed by atoms with Gasteiger partial charge in [0.05, 0.1) is 5.02 Å². The Balaban J connectivity index is 1.46. The largest absolute Gasteiger partial charge is 0.489 e. The molecule has 1 saturated heterocycles. The molecule has 0 bridgehead atoms. The molecule has 4 rings (SSSR count). The van der Waals surface area contributed by atoms with Gasteiger partial charge in [0.15, 0.2) is 0 Å². The number of benzene rings is 1. The number of aromatic nitrogens is 3. The zero-order valence-electron chi connectivity index (χ0n) is 14.4. The molecule has 0 saturated carbocycles. The number of anilines is 1. The number of hydrogen-bond donors (Lipinski definition) is 0. The first-order chi connectivity index (χ1) is 12.6. The Morgan fingerprint density at radius 1 is 1.31 bits per heavy atom. The number of piperidine rings is 1. The monoisotopic (exact) mass is 390 g/mol. The number of halogens is 1. The van der Waals surface area contributed by atoms with E-state index in [0.29, 0.717) is 9.98 Å². The fourth-order valence-corrected chi connectivity index (χ4v) is 4.20. The summed E-state index contributed by atoms with van der Waals surface area (Å²) in [6.45, 7) is 3.64. The molecule has 0 N–H and O–H groups in total. The summed E-state index contributed by atoms with van der Waals surface area (Å²) >= 11 is 7.63. The Bertz CT molecular complexity index is 979. The Hall–Kier alpha value is -2.12. The van der Waals surface area contributed by atoms with Crippen molar-refractivity contribution in [2.24, 2.45) is 0 Å². The maximum Gasteiger partial charge on any atom is 0.275 e. The number of fused-ring (bicyclic) bond motifs is 1. The van der Waals surface area contributed by atoms with Crippen molar-refractivity contribution >= 4 is 33.0 Å². The SMILES string of the molecule is CCc1cc(=O)n2nc(N3CCC(Oc4ccccc4Cl)CC3)sc2n1. The van der Waals surface area contributed by atoms with Gasteiger partial charge in [0.2, 0.25) is 10.1 Å². The van der Waals surface area contributed by atoms with Gasteiger partial charge in [0.25, 0.3) is 5.56 Å². The van der Waals surface area contributed by atoms with Crippen LogP contribution in [-0.4, -0.2) is 33.8 Å². The van der Waals surface area contributed by atoms with Crippen molar-refractivity contribution < 1.29 is 4.74 Å². The van der Waals surface area contributed by atoms with Crippen molar-refractivity contribution in [2.75, 3.05) is 18.0 Å². The van der Waals surface area contributed by atoms with Gasteiger partial charge in [-0.2, -0.15) is 4.52 Å². The zero-order chi connectivity index (χ0) is 18.1. The number of nitrogens with zero attached hydrogens (tertiary/aromatic N) is 4. The van der Waals surface area contributed by atoms with Crippen LogP contribution in [0.15, 0.2) is 35.1 Å². The Morgan fingerprint density at radius 3 is 2.81 bits per heavy atom. The quantitative estimate of drug-likeness (QED) is 0.683. The maximum absolute atomic E-state index is 12.2. The Labute approximate surface area is 160 Å². The molecule has 0 amide bonds. The average Bonchev–Trinajstić information content (AvgIpc) is 3.09. The standard InChI is InChI=1S/C18H19ClN4O2S/c1-2-12-11-16(24)23-17(20-12)26-18(21-23)22-9-7-13(8-10-22)25-15-6-4-3-5-14(15)19/h3-6,11,13H,2,7-10H2,1H3. The van der Waals surface area contributed by atoms with E-state index in [-0.39, 0.29) is 11.7 Å². The van der Waals surface area contributed by atoms with Crippen molar-refractivity contribution in [1.29, 1.82) is 0 Å². The lowest BCUT2D eigenvalue weighted by molar-refractivity contribution is 0.171. The van der Waals surface area contributed by atoms with Gasteiger partial charge in [0.1, 0.15) is 11.9 Å². The van der Waals surface area contributed by atoms with E-state index in [1.54, 1.807) is 6.07 Å². The first kappa shape index (κ1) is 17.3. The summed E-state index contributed by atoms with van der Waals surface area (Å²) in [5.74, 6) is 0.732. The second-order valence-electron chi connectivity index (χ2n) is 6.25. The summed E-state index contributed by atoms with van der Waals surface area (Å²) in [5, 5.41) is 5.93. The third kappa shape index (κ3) is 3.41. The highest BCUT2D eigenvalue weighted by Crippen LogP contribution is 2.29. The molecule has 1 aromatic carbocycles. The number of ether oxygens (including phenoxy) is 1. The third-order valence-electron chi connectivity index (χ3n) is 4.49. The van der Waals surface area contributed by atoms with Gasteiger partial charge in [-0.3, -0.25) is 4.79 Å². The van der Waals surface area contributed by atoms with E-state index in [9.17, 15) is 4.79 Å². The fourth-order valence-electron chi connectivity index (χ4n) is 3.04. The zero-order valence-corrected chi connectivity index (χ0v) is 16.0. The third-order valence-corrected chi connectivity index (χ3v) is 5.77. The summed E-state index contributed by atoms with van der Waals surface area (Å²) in [5.41, 5.74) is 0.684. The van der Waals surface area contributed by atoms with Crippen LogP contribution in [0.5, 0.6) is 5.75 Å². The average molecular weight is 391 g/mol. The van der Waals surface area contributed by atoms with Crippen molar-refractivity contribution in [3.63, 3.8) is 0 Å². The summed E-state index contributed by atoms with van der Waals surface area (Å²) < 4.78 is 7.43. The molecule has 1 fully saturated rings. The van der Waals surface area contributed by atoms with Crippen LogP contribution in [0.4, 0.5) is 5.13 Å². The Kier molecular flexibility index (Phi) is 4.82. The van der Waals surface area contributed by atoms with Crippen molar-refractivity contribution in [3.8, 4) is 5.75 Å². The first-order valence-corrected chi connectivity index (χ1v) is 9.89. The number of rotatable bonds is 4. The van der Waals surface area contributed by atoms with Gasteiger partial charge in [-0.05, 0) is 18.6 Å². The summed E-state index contributed by atoms with van der Waals surface area (Å²) in [7, 11) is 0. The van der Waals surface area contributed by atoms with Gasteiger partial charge in [-0.15, -0.1) is 5.10 Å². The lowest BCUT2D eigenvalue weighted by atomic mass is 10.1. The second-order valence-corrected chi connectivity index (χ2v) is 7.59. The van der Waals surface area contributed by atoms with E-state index in [1.807, 2.05) is 31.2 Å².